The predicted molar refractivity (Wildman–Crippen MR) is 142 cm³/mol. The zero-order valence-electron chi connectivity index (χ0n) is 21.6. The Bertz CT molecular complexity index is 1510. The molecule has 6 rings (SSSR count). The van der Waals surface area contributed by atoms with E-state index in [1.54, 1.807) is 16.9 Å². The number of pyridine rings is 1. The fourth-order valence-corrected chi connectivity index (χ4v) is 7.15. The number of carbonyl (C=O) groups is 1. The van der Waals surface area contributed by atoms with Crippen LogP contribution in [0.4, 0.5) is 0 Å². The SMILES string of the molecule is CC(c1ccc(C(=O)NC2CC2)nc1)N1C[C@@H](C)[C@H](c2nc3c(cnn3C3CCS(=O)(=O)CC3)c(=O)[nH]2)C1. The minimum absolute atomic E-state index is 0.0289. The van der Waals surface area contributed by atoms with Crippen molar-refractivity contribution in [3.63, 3.8) is 0 Å². The molecule has 3 aromatic heterocycles. The van der Waals surface area contributed by atoms with Gasteiger partial charge in [-0.1, -0.05) is 13.0 Å². The van der Waals surface area contributed by atoms with Crippen LogP contribution in [0.25, 0.3) is 11.0 Å². The van der Waals surface area contributed by atoms with E-state index >= 15 is 0 Å². The third-order valence-corrected chi connectivity index (χ3v) is 10.0. The van der Waals surface area contributed by atoms with Crippen molar-refractivity contribution in [1.82, 2.24) is 34.9 Å². The Morgan fingerprint density at radius 2 is 1.89 bits per heavy atom. The van der Waals surface area contributed by atoms with Crippen molar-refractivity contribution >= 4 is 26.8 Å². The van der Waals surface area contributed by atoms with Crippen molar-refractivity contribution in [1.29, 1.82) is 0 Å². The number of hydrogen-bond acceptors (Lipinski definition) is 8. The number of carbonyl (C=O) groups excluding carboxylic acids is 1. The molecule has 2 aliphatic heterocycles. The highest BCUT2D eigenvalue weighted by Gasteiger charge is 2.36. The highest BCUT2D eigenvalue weighted by molar-refractivity contribution is 7.91. The van der Waals surface area contributed by atoms with Crippen LogP contribution in [0.15, 0.2) is 29.3 Å². The number of amides is 1. The highest BCUT2D eigenvalue weighted by atomic mass is 32.2. The molecule has 2 N–H and O–H groups in total. The van der Waals surface area contributed by atoms with Crippen LogP contribution in [0, 0.1) is 5.92 Å². The smallest absolute Gasteiger partial charge is 0.270 e. The molecular formula is C26H33N7O4S. The quantitative estimate of drug-likeness (QED) is 0.484. The molecule has 1 saturated carbocycles. The van der Waals surface area contributed by atoms with Gasteiger partial charge in [0.2, 0.25) is 0 Å². The van der Waals surface area contributed by atoms with Crippen LogP contribution in [-0.4, -0.2) is 74.6 Å². The summed E-state index contributed by atoms with van der Waals surface area (Å²) in [4.78, 5) is 39.9. The van der Waals surface area contributed by atoms with Crippen LogP contribution < -0.4 is 10.9 Å². The number of hydrogen-bond donors (Lipinski definition) is 2. The molecule has 2 saturated heterocycles. The second kappa shape index (κ2) is 9.57. The van der Waals surface area contributed by atoms with E-state index in [-0.39, 0.29) is 46.9 Å². The Hall–Kier alpha value is -3.12. The first-order chi connectivity index (χ1) is 18.2. The Morgan fingerprint density at radius 3 is 2.58 bits per heavy atom. The number of nitrogens with zero attached hydrogens (tertiary/aromatic N) is 5. The van der Waals surface area contributed by atoms with Crippen molar-refractivity contribution in [2.75, 3.05) is 24.6 Å². The molecule has 0 spiro atoms. The summed E-state index contributed by atoms with van der Waals surface area (Å²) in [5, 5.41) is 7.82. The summed E-state index contributed by atoms with van der Waals surface area (Å²) >= 11 is 0. The van der Waals surface area contributed by atoms with Gasteiger partial charge in [0.15, 0.2) is 5.65 Å². The van der Waals surface area contributed by atoms with Gasteiger partial charge < -0.3 is 10.3 Å². The second-order valence-corrected chi connectivity index (χ2v) is 13.4. The molecule has 3 aromatic rings. The summed E-state index contributed by atoms with van der Waals surface area (Å²) in [6.07, 6.45) is 6.33. The molecule has 1 amide bonds. The Balaban J connectivity index is 1.20. The molecule has 11 nitrogen and oxygen atoms in total. The lowest BCUT2D eigenvalue weighted by Gasteiger charge is -2.24. The summed E-state index contributed by atoms with van der Waals surface area (Å²) in [6.45, 7) is 5.84. The van der Waals surface area contributed by atoms with Crippen LogP contribution in [0.2, 0.25) is 0 Å². The fraction of sp³-hybridized carbons (Fsp3) is 0.577. The standard InChI is InChI=1S/C26H33N7O4S/c1-15-13-32(16(2)17-3-6-22(27-11-17)26(35)29-18-4-5-18)14-21(15)23-30-24-20(25(34)31-23)12-28-33(24)19-7-9-38(36,37)10-8-19/h3,6,11-12,15-16,18-19,21H,4-5,7-10,13-14H2,1-2H3,(H,29,35)(H,30,31,34)/t15-,16?,21-/m1/s1. The summed E-state index contributed by atoms with van der Waals surface area (Å²) in [5.74, 6) is 1.05. The van der Waals surface area contributed by atoms with Crippen molar-refractivity contribution < 1.29 is 13.2 Å². The maximum absolute atomic E-state index is 13.0. The molecule has 5 heterocycles. The number of H-pyrrole nitrogens is 1. The number of aromatic amines is 1. The minimum atomic E-state index is -3.00. The molecule has 3 atom stereocenters. The first kappa shape index (κ1) is 25.2. The van der Waals surface area contributed by atoms with E-state index in [0.29, 0.717) is 41.4 Å². The lowest BCUT2D eigenvalue weighted by Crippen LogP contribution is -2.27. The minimum Gasteiger partial charge on any atom is -0.348 e. The number of sulfone groups is 1. The monoisotopic (exact) mass is 539 g/mol. The summed E-state index contributed by atoms with van der Waals surface area (Å²) < 4.78 is 25.5. The zero-order chi connectivity index (χ0) is 26.6. The predicted octanol–water partition coefficient (Wildman–Crippen LogP) is 1.95. The van der Waals surface area contributed by atoms with Crippen LogP contribution in [0.1, 0.15) is 79.4 Å². The first-order valence-electron chi connectivity index (χ1n) is 13.4. The molecule has 12 heteroatoms. The average Bonchev–Trinajstić information content (AvgIpc) is 3.46. The van der Waals surface area contributed by atoms with Crippen molar-refractivity contribution in [2.24, 2.45) is 5.92 Å². The lowest BCUT2D eigenvalue weighted by molar-refractivity contribution is 0.0946. The molecule has 1 aliphatic carbocycles. The van der Waals surface area contributed by atoms with E-state index in [0.717, 1.165) is 31.5 Å². The largest absolute Gasteiger partial charge is 0.348 e. The maximum Gasteiger partial charge on any atom is 0.270 e. The van der Waals surface area contributed by atoms with Crippen LogP contribution >= 0.6 is 0 Å². The molecule has 0 aromatic carbocycles. The highest BCUT2D eigenvalue weighted by Crippen LogP contribution is 2.36. The third-order valence-electron chi connectivity index (χ3n) is 8.31. The normalized spacial score (nSPS) is 25.0. The van der Waals surface area contributed by atoms with Crippen LogP contribution in [0.3, 0.4) is 0 Å². The van der Waals surface area contributed by atoms with Gasteiger partial charge in [0.1, 0.15) is 26.7 Å². The number of fused-ring (bicyclic) bond motifs is 1. The van der Waals surface area contributed by atoms with Crippen molar-refractivity contribution in [3.8, 4) is 0 Å². The van der Waals surface area contributed by atoms with E-state index in [9.17, 15) is 18.0 Å². The van der Waals surface area contributed by atoms with E-state index in [1.807, 2.05) is 6.07 Å². The Morgan fingerprint density at radius 1 is 1.13 bits per heavy atom. The van der Waals surface area contributed by atoms with Gasteiger partial charge in [0, 0.05) is 37.3 Å². The molecule has 38 heavy (non-hydrogen) atoms. The molecule has 3 fully saturated rings. The molecule has 0 bridgehead atoms. The number of aromatic nitrogens is 5. The van der Waals surface area contributed by atoms with E-state index in [4.69, 9.17) is 4.98 Å². The molecule has 0 radical (unpaired) electrons. The van der Waals surface area contributed by atoms with E-state index in [1.165, 1.54) is 6.20 Å². The fourth-order valence-electron chi connectivity index (χ4n) is 5.68. The van der Waals surface area contributed by atoms with Crippen molar-refractivity contribution in [3.05, 3.63) is 52.0 Å². The van der Waals surface area contributed by atoms with Gasteiger partial charge >= 0.3 is 0 Å². The van der Waals surface area contributed by atoms with Crippen LogP contribution in [0.5, 0.6) is 0 Å². The van der Waals surface area contributed by atoms with Gasteiger partial charge in [0.25, 0.3) is 11.5 Å². The molecular weight excluding hydrogens is 506 g/mol. The summed E-state index contributed by atoms with van der Waals surface area (Å²) in [5.41, 5.74) is 1.77. The van der Waals surface area contributed by atoms with Gasteiger partial charge in [-0.05, 0) is 50.2 Å². The molecule has 3 aliphatic rings. The maximum atomic E-state index is 13.0. The first-order valence-corrected chi connectivity index (χ1v) is 15.2. The van der Waals surface area contributed by atoms with E-state index < -0.39 is 9.84 Å². The van der Waals surface area contributed by atoms with Crippen LogP contribution in [-0.2, 0) is 9.84 Å². The van der Waals surface area contributed by atoms with Gasteiger partial charge in [-0.25, -0.2) is 18.1 Å². The lowest BCUT2D eigenvalue weighted by atomic mass is 9.97. The second-order valence-electron chi connectivity index (χ2n) is 11.1. The van der Waals surface area contributed by atoms with Gasteiger partial charge in [-0.2, -0.15) is 5.10 Å². The summed E-state index contributed by atoms with van der Waals surface area (Å²) in [7, 11) is -3.00. The molecule has 1 unspecified atom stereocenters. The Labute approximate surface area is 221 Å². The average molecular weight is 540 g/mol. The zero-order valence-corrected chi connectivity index (χ0v) is 22.4. The summed E-state index contributed by atoms with van der Waals surface area (Å²) in [6, 6.07) is 4.04. The van der Waals surface area contributed by atoms with Crippen molar-refractivity contribution in [2.45, 2.75) is 63.6 Å². The Kier molecular flexibility index (Phi) is 6.34. The van der Waals surface area contributed by atoms with E-state index in [2.05, 4.69) is 39.1 Å². The van der Waals surface area contributed by atoms with Gasteiger partial charge in [0.05, 0.1) is 23.7 Å². The number of nitrogens with one attached hydrogen (secondary N) is 2. The van der Waals surface area contributed by atoms with Gasteiger partial charge in [-0.15, -0.1) is 0 Å². The van der Waals surface area contributed by atoms with Gasteiger partial charge in [-0.3, -0.25) is 19.5 Å². The number of likely N-dealkylation sites (tertiary alicyclic amines) is 1. The topological polar surface area (TPSA) is 143 Å². The number of rotatable bonds is 6. The molecule has 202 valence electrons. The third kappa shape index (κ3) is 4.86.